The van der Waals surface area contributed by atoms with Gasteiger partial charge in [0.25, 0.3) is 0 Å². The van der Waals surface area contributed by atoms with E-state index in [9.17, 15) is 0 Å². The Morgan fingerprint density at radius 3 is 1.75 bits per heavy atom. The first-order valence-corrected chi connectivity index (χ1v) is 10.8. The molecule has 1 saturated heterocycles. The van der Waals surface area contributed by atoms with Crippen molar-refractivity contribution in [1.82, 2.24) is 4.90 Å². The summed E-state index contributed by atoms with van der Waals surface area (Å²) in [6, 6.07) is 0. The third-order valence-electron chi connectivity index (χ3n) is 5.01. The first-order chi connectivity index (χ1) is 11.9. The van der Waals surface area contributed by atoms with Crippen LogP contribution in [0.5, 0.6) is 0 Å². The molecule has 0 saturated carbocycles. The van der Waals surface area contributed by atoms with E-state index < -0.39 is 0 Å². The number of nitrogens with zero attached hydrogens (tertiary/aromatic N) is 1. The summed E-state index contributed by atoms with van der Waals surface area (Å²) < 4.78 is 11.3. The molecule has 0 N–H and O–H groups in total. The minimum Gasteiger partial charge on any atom is -0.379 e. The SMILES string of the molecule is CCCCCCCCCCCCOCCOCCN1CCCCC1. The van der Waals surface area contributed by atoms with Gasteiger partial charge in [0.2, 0.25) is 0 Å². The van der Waals surface area contributed by atoms with E-state index >= 15 is 0 Å². The molecule has 24 heavy (non-hydrogen) atoms. The zero-order valence-corrected chi connectivity index (χ0v) is 16.4. The molecule has 0 aromatic heterocycles. The van der Waals surface area contributed by atoms with Crippen molar-refractivity contribution in [3.05, 3.63) is 0 Å². The molecule has 3 heteroatoms. The zero-order valence-electron chi connectivity index (χ0n) is 16.4. The van der Waals surface area contributed by atoms with Crippen molar-refractivity contribution < 1.29 is 9.47 Å². The molecule has 0 atom stereocenters. The van der Waals surface area contributed by atoms with Crippen molar-refractivity contribution in [2.75, 3.05) is 46.1 Å². The van der Waals surface area contributed by atoms with E-state index in [0.717, 1.165) is 33.0 Å². The Balaban J connectivity index is 1.66. The smallest absolute Gasteiger partial charge is 0.0701 e. The molecule has 0 aromatic carbocycles. The van der Waals surface area contributed by atoms with E-state index in [1.165, 1.54) is 96.6 Å². The van der Waals surface area contributed by atoms with Crippen LogP contribution in [0.3, 0.4) is 0 Å². The van der Waals surface area contributed by atoms with Gasteiger partial charge in [0.15, 0.2) is 0 Å². The predicted octanol–water partition coefficient (Wildman–Crippen LogP) is 5.43. The molecule has 3 nitrogen and oxygen atoms in total. The Hall–Kier alpha value is -0.120. The van der Waals surface area contributed by atoms with Crippen molar-refractivity contribution in [1.29, 1.82) is 0 Å². The third kappa shape index (κ3) is 14.2. The van der Waals surface area contributed by atoms with Gasteiger partial charge in [-0.15, -0.1) is 0 Å². The maximum Gasteiger partial charge on any atom is 0.0701 e. The Bertz CT molecular complexity index is 242. The second-order valence-electron chi connectivity index (χ2n) is 7.31. The van der Waals surface area contributed by atoms with Gasteiger partial charge in [-0.25, -0.2) is 0 Å². The number of unbranched alkanes of at least 4 members (excludes halogenated alkanes) is 9. The first kappa shape index (κ1) is 21.9. The summed E-state index contributed by atoms with van der Waals surface area (Å²) in [7, 11) is 0. The molecular weight excluding hydrogens is 298 g/mol. The Morgan fingerprint density at radius 2 is 1.12 bits per heavy atom. The quantitative estimate of drug-likeness (QED) is 0.329. The monoisotopic (exact) mass is 341 g/mol. The molecule has 144 valence electrons. The fourth-order valence-electron chi connectivity index (χ4n) is 3.39. The lowest BCUT2D eigenvalue weighted by molar-refractivity contribution is 0.0355. The second kappa shape index (κ2) is 17.7. The van der Waals surface area contributed by atoms with Gasteiger partial charge in [0.1, 0.15) is 0 Å². The maximum atomic E-state index is 5.67. The van der Waals surface area contributed by atoms with Gasteiger partial charge < -0.3 is 14.4 Å². The molecule has 0 bridgehead atoms. The molecule has 0 aliphatic carbocycles. The predicted molar refractivity (Wildman–Crippen MR) is 104 cm³/mol. The van der Waals surface area contributed by atoms with E-state index in [-0.39, 0.29) is 0 Å². The van der Waals surface area contributed by atoms with Gasteiger partial charge in [-0.2, -0.15) is 0 Å². The van der Waals surface area contributed by atoms with Gasteiger partial charge >= 0.3 is 0 Å². The lowest BCUT2D eigenvalue weighted by Gasteiger charge is -2.26. The molecule has 1 rings (SSSR count). The summed E-state index contributed by atoms with van der Waals surface area (Å²) in [5, 5.41) is 0. The summed E-state index contributed by atoms with van der Waals surface area (Å²) in [5.41, 5.74) is 0. The van der Waals surface area contributed by atoms with E-state index in [4.69, 9.17) is 9.47 Å². The molecule has 0 aromatic rings. The lowest BCUT2D eigenvalue weighted by atomic mass is 10.1. The lowest BCUT2D eigenvalue weighted by Crippen LogP contribution is -2.32. The van der Waals surface area contributed by atoms with E-state index in [0.29, 0.717) is 0 Å². The van der Waals surface area contributed by atoms with Crippen LogP contribution in [0.1, 0.15) is 90.4 Å². The number of ether oxygens (including phenoxy) is 2. The van der Waals surface area contributed by atoms with Crippen molar-refractivity contribution >= 4 is 0 Å². The molecule has 1 heterocycles. The highest BCUT2D eigenvalue weighted by atomic mass is 16.5. The molecule has 0 unspecified atom stereocenters. The molecule has 1 fully saturated rings. The Morgan fingerprint density at radius 1 is 0.583 bits per heavy atom. The fraction of sp³-hybridized carbons (Fsp3) is 1.00. The zero-order chi connectivity index (χ0) is 17.1. The van der Waals surface area contributed by atoms with Crippen LogP contribution < -0.4 is 0 Å². The Kier molecular flexibility index (Phi) is 16.2. The minimum absolute atomic E-state index is 0.756. The van der Waals surface area contributed by atoms with E-state index in [1.807, 2.05) is 0 Å². The highest BCUT2D eigenvalue weighted by molar-refractivity contribution is 4.63. The topological polar surface area (TPSA) is 21.7 Å². The maximum absolute atomic E-state index is 5.67. The van der Waals surface area contributed by atoms with Crippen molar-refractivity contribution in [2.24, 2.45) is 0 Å². The summed E-state index contributed by atoms with van der Waals surface area (Å²) >= 11 is 0. The number of rotatable bonds is 17. The second-order valence-corrected chi connectivity index (χ2v) is 7.31. The Labute approximate surface area is 151 Å². The average Bonchev–Trinajstić information content (AvgIpc) is 2.62. The van der Waals surface area contributed by atoms with Gasteiger partial charge in [-0.05, 0) is 32.4 Å². The van der Waals surface area contributed by atoms with Crippen LogP contribution in [-0.4, -0.2) is 51.0 Å². The van der Waals surface area contributed by atoms with Crippen molar-refractivity contribution in [3.63, 3.8) is 0 Å². The fourth-order valence-corrected chi connectivity index (χ4v) is 3.39. The van der Waals surface area contributed by atoms with Crippen LogP contribution in [0.25, 0.3) is 0 Å². The summed E-state index contributed by atoms with van der Waals surface area (Å²) in [5.74, 6) is 0. The van der Waals surface area contributed by atoms with E-state index in [2.05, 4.69) is 11.8 Å². The van der Waals surface area contributed by atoms with Crippen molar-refractivity contribution in [2.45, 2.75) is 90.4 Å². The average molecular weight is 342 g/mol. The van der Waals surface area contributed by atoms with Crippen LogP contribution in [-0.2, 0) is 9.47 Å². The normalized spacial score (nSPS) is 15.9. The van der Waals surface area contributed by atoms with Crippen LogP contribution in [0.2, 0.25) is 0 Å². The minimum atomic E-state index is 0.756. The molecule has 0 radical (unpaired) electrons. The largest absolute Gasteiger partial charge is 0.379 e. The molecular formula is C21H43NO2. The van der Waals surface area contributed by atoms with Crippen LogP contribution >= 0.6 is 0 Å². The summed E-state index contributed by atoms with van der Waals surface area (Å²) in [4.78, 5) is 2.52. The van der Waals surface area contributed by atoms with Crippen molar-refractivity contribution in [3.8, 4) is 0 Å². The van der Waals surface area contributed by atoms with Gasteiger partial charge in [-0.3, -0.25) is 0 Å². The molecule has 0 amide bonds. The summed E-state index contributed by atoms with van der Waals surface area (Å²) in [6.07, 6.45) is 18.0. The highest BCUT2D eigenvalue weighted by Crippen LogP contribution is 2.10. The standard InChI is InChI=1S/C21H43NO2/c1-2-3-4-5-6-7-8-9-10-14-18-23-20-21-24-19-17-22-15-12-11-13-16-22/h2-21H2,1H3. The number of piperidine rings is 1. The molecule has 0 spiro atoms. The summed E-state index contributed by atoms with van der Waals surface area (Å²) in [6.45, 7) is 9.19. The number of hydrogen-bond donors (Lipinski definition) is 0. The van der Waals surface area contributed by atoms with Gasteiger partial charge in [0, 0.05) is 13.2 Å². The van der Waals surface area contributed by atoms with Crippen LogP contribution in [0, 0.1) is 0 Å². The highest BCUT2D eigenvalue weighted by Gasteiger charge is 2.08. The van der Waals surface area contributed by atoms with Gasteiger partial charge in [0.05, 0.1) is 19.8 Å². The van der Waals surface area contributed by atoms with E-state index in [1.54, 1.807) is 0 Å². The van der Waals surface area contributed by atoms with Gasteiger partial charge in [-0.1, -0.05) is 71.1 Å². The molecule has 1 aliphatic heterocycles. The van der Waals surface area contributed by atoms with Crippen LogP contribution in [0.4, 0.5) is 0 Å². The third-order valence-corrected chi connectivity index (χ3v) is 5.01. The number of hydrogen-bond acceptors (Lipinski definition) is 3. The number of likely N-dealkylation sites (tertiary alicyclic amines) is 1. The molecule has 1 aliphatic rings. The van der Waals surface area contributed by atoms with Crippen LogP contribution in [0.15, 0.2) is 0 Å². The first-order valence-electron chi connectivity index (χ1n) is 10.8.